The molecule has 0 saturated carbocycles. The summed E-state index contributed by atoms with van der Waals surface area (Å²) >= 11 is 0. The highest BCUT2D eigenvalue weighted by Crippen LogP contribution is 2.38. The van der Waals surface area contributed by atoms with Crippen LogP contribution in [0.5, 0.6) is 0 Å². The van der Waals surface area contributed by atoms with E-state index in [2.05, 4.69) is 9.74 Å². The molecule has 1 fully saturated rings. The average Bonchev–Trinajstić information content (AvgIpc) is 2.04. The first-order valence-corrected chi connectivity index (χ1v) is 4.67. The predicted octanol–water partition coefficient (Wildman–Crippen LogP) is 2.12. The standard InChI is InChI=1S/C10H17FN2/c1-9(2,11)10(12-3)5-7-13(4)8-6-10/h5-8H2,1-2,4H3. The van der Waals surface area contributed by atoms with Crippen LogP contribution in [0.1, 0.15) is 26.7 Å². The quantitative estimate of drug-likeness (QED) is 0.566. The van der Waals surface area contributed by atoms with Crippen molar-refractivity contribution in [3.05, 3.63) is 11.4 Å². The zero-order valence-corrected chi connectivity index (χ0v) is 8.60. The van der Waals surface area contributed by atoms with Crippen molar-refractivity contribution < 1.29 is 4.39 Å². The van der Waals surface area contributed by atoms with E-state index in [1.54, 1.807) is 0 Å². The van der Waals surface area contributed by atoms with Gasteiger partial charge in [0.1, 0.15) is 0 Å². The van der Waals surface area contributed by atoms with Crippen LogP contribution >= 0.6 is 0 Å². The molecular formula is C10H17FN2. The molecule has 0 spiro atoms. The summed E-state index contributed by atoms with van der Waals surface area (Å²) in [7, 11) is 2.01. The van der Waals surface area contributed by atoms with Crippen LogP contribution in [0.4, 0.5) is 4.39 Å². The van der Waals surface area contributed by atoms with E-state index in [0.717, 1.165) is 13.1 Å². The molecule has 0 bridgehead atoms. The van der Waals surface area contributed by atoms with Gasteiger partial charge in [-0.05, 0) is 20.9 Å². The number of rotatable bonds is 1. The average molecular weight is 184 g/mol. The van der Waals surface area contributed by atoms with Gasteiger partial charge in [-0.2, -0.15) is 0 Å². The summed E-state index contributed by atoms with van der Waals surface area (Å²) in [4.78, 5) is 5.68. The summed E-state index contributed by atoms with van der Waals surface area (Å²) in [5, 5.41) is 0. The molecule has 0 aliphatic carbocycles. The maximum absolute atomic E-state index is 13.8. The Hall–Kier alpha value is -0.620. The zero-order valence-electron chi connectivity index (χ0n) is 8.60. The highest BCUT2D eigenvalue weighted by Gasteiger charge is 2.53. The maximum Gasteiger partial charge on any atom is 0.267 e. The van der Waals surface area contributed by atoms with Crippen LogP contribution in [0, 0.1) is 6.57 Å². The third kappa shape index (κ3) is 1.83. The van der Waals surface area contributed by atoms with Crippen LogP contribution in [0.2, 0.25) is 0 Å². The molecule has 74 valence electrons. The summed E-state index contributed by atoms with van der Waals surface area (Å²) in [6.07, 6.45) is 1.30. The van der Waals surface area contributed by atoms with Gasteiger partial charge >= 0.3 is 0 Å². The number of nitrogens with zero attached hydrogens (tertiary/aromatic N) is 2. The topological polar surface area (TPSA) is 7.60 Å². The zero-order chi connectivity index (χ0) is 10.1. The second-order valence-electron chi connectivity index (χ2n) is 4.42. The monoisotopic (exact) mass is 184 g/mol. The molecule has 0 amide bonds. The van der Waals surface area contributed by atoms with Crippen molar-refractivity contribution in [2.75, 3.05) is 20.1 Å². The van der Waals surface area contributed by atoms with E-state index in [1.807, 2.05) is 7.05 Å². The summed E-state index contributed by atoms with van der Waals surface area (Å²) in [6.45, 7) is 11.8. The van der Waals surface area contributed by atoms with Crippen LogP contribution in [0.3, 0.4) is 0 Å². The molecule has 1 heterocycles. The van der Waals surface area contributed by atoms with Gasteiger partial charge in [0.05, 0.1) is 0 Å². The SMILES string of the molecule is [C-]#[N+]C1(C(C)(C)F)CCN(C)CC1. The van der Waals surface area contributed by atoms with Gasteiger partial charge in [0.25, 0.3) is 5.54 Å². The molecule has 1 aliphatic heterocycles. The highest BCUT2D eigenvalue weighted by molar-refractivity contribution is 5.11. The Bertz CT molecular complexity index is 216. The Morgan fingerprint density at radius 3 is 2.15 bits per heavy atom. The van der Waals surface area contributed by atoms with E-state index in [1.165, 1.54) is 13.8 Å². The number of likely N-dealkylation sites (tertiary alicyclic amines) is 1. The summed E-state index contributed by atoms with van der Waals surface area (Å²) in [5.41, 5.74) is -2.16. The molecule has 0 aromatic carbocycles. The molecule has 1 rings (SSSR count). The van der Waals surface area contributed by atoms with Gasteiger partial charge in [-0.15, -0.1) is 0 Å². The van der Waals surface area contributed by atoms with Crippen molar-refractivity contribution in [1.29, 1.82) is 0 Å². The Kier molecular flexibility index (Phi) is 2.63. The number of hydrogen-bond donors (Lipinski definition) is 0. The van der Waals surface area contributed by atoms with Crippen molar-refractivity contribution in [1.82, 2.24) is 4.90 Å². The number of piperidine rings is 1. The number of halogens is 1. The van der Waals surface area contributed by atoms with E-state index < -0.39 is 11.2 Å². The number of alkyl halides is 1. The normalized spacial score (nSPS) is 23.9. The van der Waals surface area contributed by atoms with Crippen molar-refractivity contribution in [3.8, 4) is 0 Å². The molecule has 2 nitrogen and oxygen atoms in total. The Labute approximate surface area is 79.5 Å². The van der Waals surface area contributed by atoms with Gasteiger partial charge < -0.3 is 9.74 Å². The first kappa shape index (κ1) is 10.5. The van der Waals surface area contributed by atoms with Gasteiger partial charge in [-0.25, -0.2) is 11.0 Å². The summed E-state index contributed by atoms with van der Waals surface area (Å²) in [5.74, 6) is 0. The van der Waals surface area contributed by atoms with Crippen LogP contribution in [0.25, 0.3) is 4.85 Å². The first-order chi connectivity index (χ1) is 5.91. The fourth-order valence-electron chi connectivity index (χ4n) is 1.83. The van der Waals surface area contributed by atoms with Gasteiger partial charge in [0.15, 0.2) is 5.67 Å². The third-order valence-corrected chi connectivity index (χ3v) is 3.13. The van der Waals surface area contributed by atoms with E-state index in [4.69, 9.17) is 6.57 Å². The molecule has 0 aromatic heterocycles. The number of hydrogen-bond acceptors (Lipinski definition) is 1. The molecule has 3 heteroatoms. The molecule has 0 atom stereocenters. The lowest BCUT2D eigenvalue weighted by Gasteiger charge is -2.37. The second-order valence-corrected chi connectivity index (χ2v) is 4.42. The van der Waals surface area contributed by atoms with Crippen molar-refractivity contribution in [2.45, 2.75) is 37.9 Å². The lowest BCUT2D eigenvalue weighted by atomic mass is 9.77. The molecule has 13 heavy (non-hydrogen) atoms. The third-order valence-electron chi connectivity index (χ3n) is 3.13. The summed E-state index contributed by atoms with van der Waals surface area (Å²) < 4.78 is 13.8. The highest BCUT2D eigenvalue weighted by atomic mass is 19.1. The van der Waals surface area contributed by atoms with Crippen molar-refractivity contribution >= 4 is 0 Å². The van der Waals surface area contributed by atoms with Crippen molar-refractivity contribution in [3.63, 3.8) is 0 Å². The van der Waals surface area contributed by atoms with Gasteiger partial charge in [-0.1, -0.05) is 0 Å². The molecule has 0 aromatic rings. The van der Waals surface area contributed by atoms with Crippen LogP contribution in [0.15, 0.2) is 0 Å². The minimum absolute atomic E-state index is 0.649. The summed E-state index contributed by atoms with van der Waals surface area (Å²) in [6, 6.07) is 0. The largest absolute Gasteiger partial charge is 0.307 e. The van der Waals surface area contributed by atoms with Gasteiger partial charge in [-0.3, -0.25) is 0 Å². The molecule has 0 radical (unpaired) electrons. The van der Waals surface area contributed by atoms with E-state index in [9.17, 15) is 4.39 Å². The Morgan fingerprint density at radius 2 is 1.85 bits per heavy atom. The molecule has 0 N–H and O–H groups in total. The van der Waals surface area contributed by atoms with Gasteiger partial charge in [0, 0.05) is 25.9 Å². The Morgan fingerprint density at radius 1 is 1.38 bits per heavy atom. The molecular weight excluding hydrogens is 167 g/mol. The van der Waals surface area contributed by atoms with Crippen LogP contribution < -0.4 is 0 Å². The fraction of sp³-hybridized carbons (Fsp3) is 0.900. The Balaban J connectivity index is 2.80. The fourth-order valence-corrected chi connectivity index (χ4v) is 1.83. The predicted molar refractivity (Wildman–Crippen MR) is 51.3 cm³/mol. The van der Waals surface area contributed by atoms with E-state index in [0.29, 0.717) is 12.8 Å². The van der Waals surface area contributed by atoms with E-state index in [-0.39, 0.29) is 0 Å². The van der Waals surface area contributed by atoms with Crippen LogP contribution in [-0.2, 0) is 0 Å². The van der Waals surface area contributed by atoms with Gasteiger partial charge in [0.2, 0.25) is 0 Å². The minimum Gasteiger partial charge on any atom is -0.307 e. The van der Waals surface area contributed by atoms with Crippen molar-refractivity contribution in [2.24, 2.45) is 0 Å². The minimum atomic E-state index is -1.38. The molecule has 1 aliphatic rings. The molecule has 1 saturated heterocycles. The lowest BCUT2D eigenvalue weighted by Crippen LogP contribution is -2.51. The second kappa shape index (κ2) is 3.26. The van der Waals surface area contributed by atoms with Crippen LogP contribution in [-0.4, -0.2) is 36.2 Å². The first-order valence-electron chi connectivity index (χ1n) is 4.67. The lowest BCUT2D eigenvalue weighted by molar-refractivity contribution is 0.0680. The molecule has 0 unspecified atom stereocenters. The maximum atomic E-state index is 13.8. The smallest absolute Gasteiger partial charge is 0.267 e. The van der Waals surface area contributed by atoms with E-state index >= 15 is 0 Å².